The van der Waals surface area contributed by atoms with Gasteiger partial charge in [-0.15, -0.1) is 0 Å². The summed E-state index contributed by atoms with van der Waals surface area (Å²) in [5.74, 6) is -0.418. The summed E-state index contributed by atoms with van der Waals surface area (Å²) < 4.78 is 44.8. The fourth-order valence-electron chi connectivity index (χ4n) is 4.03. The number of ether oxygens (including phenoxy) is 1. The minimum atomic E-state index is -4.40. The Kier molecular flexibility index (Phi) is 6.89. The fraction of sp³-hybridized carbons (Fsp3) is 0.391. The second-order valence-corrected chi connectivity index (χ2v) is 8.05. The first kappa shape index (κ1) is 23.1. The highest BCUT2D eigenvalue weighted by molar-refractivity contribution is 7.80. The molecule has 2 aromatic carbocycles. The molecule has 0 bridgehead atoms. The molecule has 1 aliphatic carbocycles. The van der Waals surface area contributed by atoms with Gasteiger partial charge in [0.25, 0.3) is 0 Å². The highest BCUT2D eigenvalue weighted by Gasteiger charge is 2.38. The van der Waals surface area contributed by atoms with Crippen LogP contribution in [0.25, 0.3) is 0 Å². The van der Waals surface area contributed by atoms with E-state index in [1.807, 2.05) is 0 Å². The van der Waals surface area contributed by atoms with Crippen LogP contribution in [0.5, 0.6) is 0 Å². The first-order valence-corrected chi connectivity index (χ1v) is 10.6. The second kappa shape index (κ2) is 9.26. The van der Waals surface area contributed by atoms with Crippen LogP contribution in [-0.4, -0.2) is 17.7 Å². The number of thiocarbonyl (C=S) groups is 1. The van der Waals surface area contributed by atoms with E-state index in [0.717, 1.165) is 18.9 Å². The smallest absolute Gasteiger partial charge is 0.416 e. The zero-order valence-electron chi connectivity index (χ0n) is 17.4. The monoisotopic (exact) mass is 450 g/mol. The normalized spacial score (nSPS) is 15.4. The molecule has 0 aliphatic heterocycles. The van der Waals surface area contributed by atoms with E-state index in [1.54, 1.807) is 38.1 Å². The number of benzene rings is 2. The van der Waals surface area contributed by atoms with Gasteiger partial charge in [0.15, 0.2) is 5.11 Å². The Hall–Kier alpha value is -2.61. The Morgan fingerprint density at radius 2 is 1.84 bits per heavy atom. The molecule has 8 heteroatoms. The number of hydrogen-bond donors (Lipinski definition) is 2. The minimum Gasteiger partial charge on any atom is -0.462 e. The molecular formula is C23H25F3N2O2S. The number of esters is 1. The predicted molar refractivity (Wildman–Crippen MR) is 118 cm³/mol. The molecule has 1 aliphatic rings. The standard InChI is InChI=1S/C23H25F3N2O2S/c1-3-30-20(29)18-10-7-11-19(15(18)2)27-21(31)28-22(12-4-5-13-22)16-8-6-9-17(14-16)23(24,25)26/h6-11,14H,3-5,12-13H2,1-2H3,(H2,27,28,31). The number of rotatable bonds is 5. The van der Waals surface area contributed by atoms with E-state index in [2.05, 4.69) is 10.6 Å². The molecule has 0 atom stereocenters. The number of halogens is 3. The molecule has 2 N–H and O–H groups in total. The molecule has 1 saturated carbocycles. The molecule has 1 fully saturated rings. The molecule has 0 saturated heterocycles. The number of anilines is 1. The molecule has 4 nitrogen and oxygen atoms in total. The van der Waals surface area contributed by atoms with Gasteiger partial charge in [0, 0.05) is 5.69 Å². The summed E-state index contributed by atoms with van der Waals surface area (Å²) in [6.45, 7) is 3.80. The predicted octanol–water partition coefficient (Wildman–Crippen LogP) is 5.95. The van der Waals surface area contributed by atoms with Crippen molar-refractivity contribution >= 4 is 29.0 Å². The Bertz CT molecular complexity index is 970. The Morgan fingerprint density at radius 3 is 2.48 bits per heavy atom. The van der Waals surface area contributed by atoms with E-state index < -0.39 is 23.2 Å². The van der Waals surface area contributed by atoms with Crippen molar-refractivity contribution in [3.8, 4) is 0 Å². The molecule has 3 rings (SSSR count). The maximum atomic E-state index is 13.2. The van der Waals surface area contributed by atoms with Gasteiger partial charge >= 0.3 is 12.1 Å². The lowest BCUT2D eigenvalue weighted by atomic mass is 9.87. The van der Waals surface area contributed by atoms with Crippen LogP contribution < -0.4 is 10.6 Å². The van der Waals surface area contributed by atoms with Gasteiger partial charge in [0.05, 0.1) is 23.3 Å². The van der Waals surface area contributed by atoms with E-state index in [-0.39, 0.29) is 6.61 Å². The van der Waals surface area contributed by atoms with Gasteiger partial charge in [-0.1, -0.05) is 31.0 Å². The van der Waals surface area contributed by atoms with Crippen LogP contribution in [0.3, 0.4) is 0 Å². The molecular weight excluding hydrogens is 425 g/mol. The molecule has 0 radical (unpaired) electrons. The van der Waals surface area contributed by atoms with Crippen molar-refractivity contribution in [3.05, 3.63) is 64.7 Å². The first-order chi connectivity index (χ1) is 14.7. The largest absolute Gasteiger partial charge is 0.462 e. The van der Waals surface area contributed by atoms with Gasteiger partial charge in [-0.25, -0.2) is 4.79 Å². The minimum absolute atomic E-state index is 0.273. The summed E-state index contributed by atoms with van der Waals surface area (Å²) >= 11 is 5.51. The van der Waals surface area contributed by atoms with Crippen molar-refractivity contribution < 1.29 is 22.7 Å². The van der Waals surface area contributed by atoms with Gasteiger partial charge in [0.2, 0.25) is 0 Å². The summed E-state index contributed by atoms with van der Waals surface area (Å²) in [5, 5.41) is 6.67. The van der Waals surface area contributed by atoms with Crippen LogP contribution in [0.1, 0.15) is 59.7 Å². The number of carbonyl (C=O) groups is 1. The third kappa shape index (κ3) is 5.18. The number of nitrogens with one attached hydrogen (secondary N) is 2. The molecule has 31 heavy (non-hydrogen) atoms. The third-order valence-corrected chi connectivity index (χ3v) is 5.83. The van der Waals surface area contributed by atoms with Crippen molar-refractivity contribution in [1.29, 1.82) is 0 Å². The maximum Gasteiger partial charge on any atom is 0.416 e. The van der Waals surface area contributed by atoms with Gasteiger partial charge in [0.1, 0.15) is 0 Å². The highest BCUT2D eigenvalue weighted by Crippen LogP contribution is 2.41. The van der Waals surface area contributed by atoms with Crippen LogP contribution in [0.4, 0.5) is 18.9 Å². The van der Waals surface area contributed by atoms with E-state index in [1.165, 1.54) is 12.1 Å². The lowest BCUT2D eigenvalue weighted by molar-refractivity contribution is -0.137. The van der Waals surface area contributed by atoms with Crippen molar-refractivity contribution in [2.24, 2.45) is 0 Å². The Morgan fingerprint density at radius 1 is 1.16 bits per heavy atom. The lowest BCUT2D eigenvalue weighted by Crippen LogP contribution is -2.46. The van der Waals surface area contributed by atoms with Gasteiger partial charge < -0.3 is 15.4 Å². The molecule has 166 valence electrons. The topological polar surface area (TPSA) is 50.4 Å². The van der Waals surface area contributed by atoms with Crippen LogP contribution in [0, 0.1) is 6.92 Å². The summed E-state index contributed by atoms with van der Waals surface area (Å²) in [7, 11) is 0. The van der Waals surface area contributed by atoms with Gasteiger partial charge in [-0.3, -0.25) is 0 Å². The van der Waals surface area contributed by atoms with Crippen molar-refractivity contribution in [2.45, 2.75) is 51.2 Å². The zero-order chi connectivity index (χ0) is 22.6. The number of hydrogen-bond acceptors (Lipinski definition) is 3. The Balaban J connectivity index is 1.83. The van der Waals surface area contributed by atoms with Crippen LogP contribution in [0.15, 0.2) is 42.5 Å². The summed E-state index contributed by atoms with van der Waals surface area (Å²) in [6, 6.07) is 10.6. The third-order valence-electron chi connectivity index (χ3n) is 5.63. The van der Waals surface area contributed by atoms with Crippen molar-refractivity contribution in [1.82, 2.24) is 5.32 Å². The maximum absolute atomic E-state index is 13.2. The van der Waals surface area contributed by atoms with E-state index in [4.69, 9.17) is 17.0 Å². The van der Waals surface area contributed by atoms with E-state index >= 15 is 0 Å². The van der Waals surface area contributed by atoms with Crippen LogP contribution in [-0.2, 0) is 16.5 Å². The van der Waals surface area contributed by atoms with E-state index in [0.29, 0.717) is 40.3 Å². The molecule has 2 aromatic rings. The zero-order valence-corrected chi connectivity index (χ0v) is 18.3. The molecule has 0 spiro atoms. The lowest BCUT2D eigenvalue weighted by Gasteiger charge is -2.33. The van der Waals surface area contributed by atoms with Crippen molar-refractivity contribution in [3.63, 3.8) is 0 Å². The average Bonchev–Trinajstić information content (AvgIpc) is 3.19. The van der Waals surface area contributed by atoms with Gasteiger partial charge in [-0.05, 0) is 74.3 Å². The molecule has 0 heterocycles. The van der Waals surface area contributed by atoms with Crippen molar-refractivity contribution in [2.75, 3.05) is 11.9 Å². The number of carbonyl (C=O) groups excluding carboxylic acids is 1. The fourth-order valence-corrected chi connectivity index (χ4v) is 4.33. The summed E-state index contributed by atoms with van der Waals surface area (Å²) in [6.07, 6.45) is -1.26. The first-order valence-electron chi connectivity index (χ1n) is 10.2. The summed E-state index contributed by atoms with van der Waals surface area (Å²) in [4.78, 5) is 12.1. The van der Waals surface area contributed by atoms with E-state index in [9.17, 15) is 18.0 Å². The molecule has 0 aromatic heterocycles. The Labute approximate surface area is 185 Å². The molecule has 0 unspecified atom stereocenters. The van der Waals surface area contributed by atoms with Gasteiger partial charge in [-0.2, -0.15) is 13.2 Å². The highest BCUT2D eigenvalue weighted by atomic mass is 32.1. The van der Waals surface area contributed by atoms with Crippen LogP contribution in [0.2, 0.25) is 0 Å². The summed E-state index contributed by atoms with van der Waals surface area (Å²) in [5.41, 5.74) is 0.988. The van der Waals surface area contributed by atoms with Crippen LogP contribution >= 0.6 is 12.2 Å². The quantitative estimate of drug-likeness (QED) is 0.436. The average molecular weight is 451 g/mol. The molecule has 0 amide bonds. The number of alkyl halides is 3. The second-order valence-electron chi connectivity index (χ2n) is 7.65. The SMILES string of the molecule is CCOC(=O)c1cccc(NC(=S)NC2(c3cccc(C(F)(F)F)c3)CCCC2)c1C.